The number of primary amides is 1. The van der Waals surface area contributed by atoms with E-state index >= 15 is 0 Å². The second-order valence-electron chi connectivity index (χ2n) is 1.69. The molecule has 0 radical (unpaired) electrons. The van der Waals surface area contributed by atoms with Gasteiger partial charge in [-0.3, -0.25) is 4.79 Å². The molecule has 1 atom stereocenters. The fraction of sp³-hybridized carbons (Fsp3) is 0.750. The van der Waals surface area contributed by atoms with E-state index in [-0.39, 0.29) is 0 Å². The Hall–Kier alpha value is -0.450. The van der Waals surface area contributed by atoms with E-state index in [4.69, 9.17) is 11.6 Å². The lowest BCUT2D eigenvalue weighted by Crippen LogP contribution is -2.28. The molecule has 0 saturated carbocycles. The molecule has 2 N–H and O–H groups in total. The van der Waals surface area contributed by atoms with Crippen LogP contribution in [0.1, 0.15) is 6.42 Å². The maximum Gasteiger partial charge on any atom is 0.391 e. The van der Waals surface area contributed by atoms with E-state index in [1.54, 1.807) is 0 Å². The molecule has 0 aromatic carbocycles. The fourth-order valence-electron chi connectivity index (χ4n) is 0.304. The first-order chi connectivity index (χ1) is 4.33. The number of halogens is 4. The summed E-state index contributed by atoms with van der Waals surface area (Å²) in [5.74, 6) is -1.15. The molecule has 0 rings (SSSR count). The van der Waals surface area contributed by atoms with E-state index in [9.17, 15) is 18.0 Å². The molecule has 10 heavy (non-hydrogen) atoms. The van der Waals surface area contributed by atoms with Gasteiger partial charge in [-0.25, -0.2) is 0 Å². The van der Waals surface area contributed by atoms with Gasteiger partial charge in [0.1, 0.15) is 5.38 Å². The summed E-state index contributed by atoms with van der Waals surface area (Å²) in [7, 11) is 0. The van der Waals surface area contributed by atoms with Crippen LogP contribution in [0.5, 0.6) is 0 Å². The Morgan fingerprint density at radius 3 is 2.10 bits per heavy atom. The van der Waals surface area contributed by atoms with Crippen molar-refractivity contribution in [1.29, 1.82) is 0 Å². The number of nitrogens with two attached hydrogens (primary N) is 1. The summed E-state index contributed by atoms with van der Waals surface area (Å²) in [5, 5.41) is -1.65. The second-order valence-corrected chi connectivity index (χ2v) is 2.22. The van der Waals surface area contributed by atoms with E-state index in [1.165, 1.54) is 0 Å². The van der Waals surface area contributed by atoms with Gasteiger partial charge in [-0.05, 0) is 0 Å². The third kappa shape index (κ3) is 4.43. The Balaban J connectivity index is 3.80. The van der Waals surface area contributed by atoms with Gasteiger partial charge in [0, 0.05) is 0 Å². The van der Waals surface area contributed by atoms with Gasteiger partial charge in [0.2, 0.25) is 5.91 Å². The Labute approximate surface area is 60.1 Å². The van der Waals surface area contributed by atoms with Crippen molar-refractivity contribution < 1.29 is 18.0 Å². The molecule has 0 aliphatic heterocycles. The van der Waals surface area contributed by atoms with Gasteiger partial charge in [0.25, 0.3) is 0 Å². The monoisotopic (exact) mass is 175 g/mol. The van der Waals surface area contributed by atoms with Crippen molar-refractivity contribution in [1.82, 2.24) is 0 Å². The van der Waals surface area contributed by atoms with Crippen LogP contribution in [-0.2, 0) is 4.79 Å². The Bertz CT molecular complexity index is 135. The summed E-state index contributed by atoms with van der Waals surface area (Å²) in [6.45, 7) is 0. The minimum atomic E-state index is -4.43. The Kier molecular flexibility index (Phi) is 2.96. The van der Waals surface area contributed by atoms with Crippen molar-refractivity contribution in [3.8, 4) is 0 Å². The lowest BCUT2D eigenvalue weighted by atomic mass is 10.3. The zero-order valence-electron chi connectivity index (χ0n) is 4.78. The van der Waals surface area contributed by atoms with Crippen molar-refractivity contribution in [3.63, 3.8) is 0 Å². The van der Waals surface area contributed by atoms with Gasteiger partial charge in [0.15, 0.2) is 0 Å². The number of alkyl halides is 4. The topological polar surface area (TPSA) is 43.1 Å². The SMILES string of the molecule is NC(=O)C(Cl)CC(F)(F)F. The highest BCUT2D eigenvalue weighted by atomic mass is 35.5. The normalized spacial score (nSPS) is 14.8. The third-order valence-corrected chi connectivity index (χ3v) is 1.09. The number of carbonyl (C=O) groups is 1. The van der Waals surface area contributed by atoms with Crippen molar-refractivity contribution in [2.24, 2.45) is 5.73 Å². The van der Waals surface area contributed by atoms with Crippen LogP contribution in [-0.4, -0.2) is 17.5 Å². The zero-order valence-corrected chi connectivity index (χ0v) is 5.54. The summed E-state index contributed by atoms with van der Waals surface area (Å²) < 4.78 is 34.1. The average molecular weight is 176 g/mol. The predicted molar refractivity (Wildman–Crippen MR) is 29.5 cm³/mol. The molecule has 6 heteroatoms. The van der Waals surface area contributed by atoms with Crippen molar-refractivity contribution in [2.45, 2.75) is 18.0 Å². The van der Waals surface area contributed by atoms with E-state index in [2.05, 4.69) is 5.73 Å². The van der Waals surface area contributed by atoms with E-state index in [0.717, 1.165) is 0 Å². The highest BCUT2D eigenvalue weighted by Gasteiger charge is 2.33. The third-order valence-electron chi connectivity index (χ3n) is 0.719. The number of hydrogen-bond donors (Lipinski definition) is 1. The van der Waals surface area contributed by atoms with Crippen LogP contribution < -0.4 is 5.73 Å². The maximum absolute atomic E-state index is 11.4. The largest absolute Gasteiger partial charge is 0.391 e. The van der Waals surface area contributed by atoms with Crippen LogP contribution in [0.4, 0.5) is 13.2 Å². The van der Waals surface area contributed by atoms with Crippen LogP contribution in [0.25, 0.3) is 0 Å². The molecule has 0 aromatic rings. The molecular weight excluding hydrogens is 170 g/mol. The van der Waals surface area contributed by atoms with Crippen LogP contribution in [0.2, 0.25) is 0 Å². The molecule has 60 valence electrons. The van der Waals surface area contributed by atoms with Gasteiger partial charge < -0.3 is 5.73 Å². The van der Waals surface area contributed by atoms with Crippen molar-refractivity contribution >= 4 is 17.5 Å². The molecule has 0 aliphatic rings. The highest BCUT2D eigenvalue weighted by molar-refractivity contribution is 6.30. The molecular formula is C4H5ClF3NO. The smallest absolute Gasteiger partial charge is 0.368 e. The van der Waals surface area contributed by atoms with E-state index in [1.807, 2.05) is 0 Å². The second kappa shape index (κ2) is 3.09. The van der Waals surface area contributed by atoms with E-state index < -0.39 is 23.9 Å². The van der Waals surface area contributed by atoms with Gasteiger partial charge in [0.05, 0.1) is 6.42 Å². The quantitative estimate of drug-likeness (QED) is 0.626. The average Bonchev–Trinajstić information content (AvgIpc) is 1.60. The highest BCUT2D eigenvalue weighted by Crippen LogP contribution is 2.23. The van der Waals surface area contributed by atoms with Crippen LogP contribution >= 0.6 is 11.6 Å². The number of rotatable bonds is 2. The lowest BCUT2D eigenvalue weighted by molar-refractivity contribution is -0.141. The first-order valence-corrected chi connectivity index (χ1v) is 2.76. The van der Waals surface area contributed by atoms with Crippen molar-refractivity contribution in [3.05, 3.63) is 0 Å². The Morgan fingerprint density at radius 2 is 2.00 bits per heavy atom. The van der Waals surface area contributed by atoms with Crippen LogP contribution in [0, 0.1) is 0 Å². The minimum Gasteiger partial charge on any atom is -0.368 e. The summed E-state index contributed by atoms with van der Waals surface area (Å²) in [6.07, 6.45) is -5.80. The molecule has 2 nitrogen and oxygen atoms in total. The summed E-state index contributed by atoms with van der Waals surface area (Å²) in [6, 6.07) is 0. The molecule has 1 amide bonds. The van der Waals surface area contributed by atoms with E-state index in [0.29, 0.717) is 0 Å². The fourth-order valence-corrected chi connectivity index (χ4v) is 0.479. The van der Waals surface area contributed by atoms with Gasteiger partial charge in [-0.2, -0.15) is 13.2 Å². The predicted octanol–water partition coefficient (Wildman–Crippen LogP) is 1.03. The summed E-state index contributed by atoms with van der Waals surface area (Å²) >= 11 is 4.91. The van der Waals surface area contributed by atoms with Crippen molar-refractivity contribution in [2.75, 3.05) is 0 Å². The van der Waals surface area contributed by atoms with Crippen LogP contribution in [0.3, 0.4) is 0 Å². The maximum atomic E-state index is 11.4. The van der Waals surface area contributed by atoms with Gasteiger partial charge >= 0.3 is 6.18 Å². The molecule has 0 heterocycles. The molecule has 0 bridgehead atoms. The van der Waals surface area contributed by atoms with Gasteiger partial charge in [-0.15, -0.1) is 11.6 Å². The van der Waals surface area contributed by atoms with Crippen LogP contribution in [0.15, 0.2) is 0 Å². The standard InChI is InChI=1S/C4H5ClF3NO/c5-2(3(9)10)1-4(6,7)8/h2H,1H2,(H2,9,10). The molecule has 0 aromatic heterocycles. The number of carbonyl (C=O) groups excluding carboxylic acids is 1. The summed E-state index contributed by atoms with van der Waals surface area (Å²) in [5.41, 5.74) is 4.47. The first kappa shape index (κ1) is 9.55. The Morgan fingerprint density at radius 1 is 1.60 bits per heavy atom. The molecule has 0 spiro atoms. The summed E-state index contributed by atoms with van der Waals surface area (Å²) in [4.78, 5) is 9.97. The van der Waals surface area contributed by atoms with Gasteiger partial charge in [-0.1, -0.05) is 0 Å². The lowest BCUT2D eigenvalue weighted by Gasteiger charge is -2.07. The number of amides is 1. The molecule has 0 aliphatic carbocycles. The first-order valence-electron chi connectivity index (χ1n) is 2.33. The minimum absolute atomic E-state index is 1.15. The number of hydrogen-bond acceptors (Lipinski definition) is 1. The molecule has 0 saturated heterocycles. The molecule has 0 fully saturated rings. The molecule has 1 unspecified atom stereocenters. The zero-order chi connectivity index (χ0) is 8.36.